The summed E-state index contributed by atoms with van der Waals surface area (Å²) >= 11 is 0. The number of sulfonamides is 1. The van der Waals surface area contributed by atoms with Crippen LogP contribution in [0.2, 0.25) is 0 Å². The van der Waals surface area contributed by atoms with Crippen LogP contribution in [-0.2, 0) is 16.4 Å². The lowest BCUT2D eigenvalue weighted by Crippen LogP contribution is -2.44. The summed E-state index contributed by atoms with van der Waals surface area (Å²) in [6, 6.07) is 0.0289. The molecular formula is C12H20N4O2S. The van der Waals surface area contributed by atoms with Gasteiger partial charge in [-0.05, 0) is 24.8 Å². The van der Waals surface area contributed by atoms with Gasteiger partial charge in [0.15, 0.2) is 0 Å². The van der Waals surface area contributed by atoms with Crippen molar-refractivity contribution in [2.24, 2.45) is 0 Å². The third kappa shape index (κ3) is 4.14. The zero-order valence-electron chi connectivity index (χ0n) is 11.3. The van der Waals surface area contributed by atoms with Crippen LogP contribution < -0.4 is 9.62 Å². The topological polar surface area (TPSA) is 75.2 Å². The maximum absolute atomic E-state index is 11.2. The van der Waals surface area contributed by atoms with Gasteiger partial charge in [-0.3, -0.25) is 0 Å². The molecule has 2 heterocycles. The van der Waals surface area contributed by atoms with E-state index in [1.54, 1.807) is 0 Å². The third-order valence-corrected chi connectivity index (χ3v) is 4.02. The lowest BCUT2D eigenvalue weighted by atomic mass is 10.1. The van der Waals surface area contributed by atoms with Gasteiger partial charge in [0.25, 0.3) is 0 Å². The van der Waals surface area contributed by atoms with Crippen LogP contribution in [0, 0.1) is 0 Å². The summed E-state index contributed by atoms with van der Waals surface area (Å²) in [4.78, 5) is 10.8. The summed E-state index contributed by atoms with van der Waals surface area (Å²) in [7, 11) is -3.11. The molecule has 1 aliphatic heterocycles. The summed E-state index contributed by atoms with van der Waals surface area (Å²) in [5.74, 6) is 0.731. The molecule has 0 atom stereocenters. The zero-order chi connectivity index (χ0) is 13.9. The first kappa shape index (κ1) is 14.2. The van der Waals surface area contributed by atoms with Gasteiger partial charge in [-0.15, -0.1) is 0 Å². The van der Waals surface area contributed by atoms with E-state index in [-0.39, 0.29) is 6.04 Å². The summed E-state index contributed by atoms with van der Waals surface area (Å²) in [5, 5.41) is 0. The number of aromatic nitrogens is 2. The number of rotatable bonds is 4. The molecule has 19 heavy (non-hydrogen) atoms. The van der Waals surface area contributed by atoms with E-state index in [9.17, 15) is 8.42 Å². The molecule has 0 radical (unpaired) electrons. The van der Waals surface area contributed by atoms with Crippen molar-refractivity contribution < 1.29 is 8.42 Å². The van der Waals surface area contributed by atoms with Crippen molar-refractivity contribution in [2.45, 2.75) is 32.2 Å². The van der Waals surface area contributed by atoms with Gasteiger partial charge in [0.1, 0.15) is 0 Å². The Morgan fingerprint density at radius 3 is 2.37 bits per heavy atom. The van der Waals surface area contributed by atoms with E-state index < -0.39 is 10.0 Å². The molecule has 106 valence electrons. The van der Waals surface area contributed by atoms with E-state index >= 15 is 0 Å². The van der Waals surface area contributed by atoms with Crippen LogP contribution in [0.1, 0.15) is 25.3 Å². The fourth-order valence-electron chi connectivity index (χ4n) is 2.19. The van der Waals surface area contributed by atoms with Crippen LogP contribution in [0.3, 0.4) is 0 Å². The van der Waals surface area contributed by atoms with Crippen molar-refractivity contribution in [3.63, 3.8) is 0 Å². The minimum Gasteiger partial charge on any atom is -0.341 e. The average molecular weight is 284 g/mol. The van der Waals surface area contributed by atoms with Gasteiger partial charge >= 0.3 is 0 Å². The van der Waals surface area contributed by atoms with Gasteiger partial charge in [0.2, 0.25) is 16.0 Å². The van der Waals surface area contributed by atoms with Gasteiger partial charge in [0.05, 0.1) is 6.26 Å². The number of aryl methyl sites for hydroxylation is 1. The van der Waals surface area contributed by atoms with Crippen molar-refractivity contribution in [1.82, 2.24) is 14.7 Å². The second-order valence-corrected chi connectivity index (χ2v) is 6.68. The highest BCUT2D eigenvalue weighted by molar-refractivity contribution is 7.88. The highest BCUT2D eigenvalue weighted by Crippen LogP contribution is 2.16. The van der Waals surface area contributed by atoms with E-state index in [0.29, 0.717) is 0 Å². The first-order valence-corrected chi connectivity index (χ1v) is 8.40. The van der Waals surface area contributed by atoms with Gasteiger partial charge in [0, 0.05) is 31.5 Å². The number of nitrogens with one attached hydrogen (secondary N) is 1. The summed E-state index contributed by atoms with van der Waals surface area (Å²) < 4.78 is 25.0. The molecular weight excluding hydrogens is 264 g/mol. The Hall–Kier alpha value is -1.21. The van der Waals surface area contributed by atoms with E-state index in [1.807, 2.05) is 12.4 Å². The number of hydrogen-bond acceptors (Lipinski definition) is 5. The number of anilines is 1. The second-order valence-electron chi connectivity index (χ2n) is 4.90. The highest BCUT2D eigenvalue weighted by atomic mass is 32.2. The van der Waals surface area contributed by atoms with Gasteiger partial charge in [-0.1, -0.05) is 6.92 Å². The van der Waals surface area contributed by atoms with Crippen molar-refractivity contribution in [3.05, 3.63) is 18.0 Å². The Bertz CT molecular complexity index is 507. The normalized spacial score (nSPS) is 17.7. The van der Waals surface area contributed by atoms with Crippen LogP contribution in [0.5, 0.6) is 0 Å². The molecule has 0 unspecified atom stereocenters. The highest BCUT2D eigenvalue weighted by Gasteiger charge is 2.22. The van der Waals surface area contributed by atoms with E-state index in [1.165, 1.54) is 6.26 Å². The lowest BCUT2D eigenvalue weighted by Gasteiger charge is -2.31. The van der Waals surface area contributed by atoms with Crippen LogP contribution in [0.4, 0.5) is 5.95 Å². The third-order valence-electron chi connectivity index (χ3n) is 3.26. The molecule has 0 aromatic carbocycles. The molecule has 2 rings (SSSR count). The molecule has 0 saturated carbocycles. The molecule has 0 spiro atoms. The van der Waals surface area contributed by atoms with Crippen molar-refractivity contribution in [2.75, 3.05) is 24.2 Å². The number of hydrogen-bond donors (Lipinski definition) is 1. The average Bonchev–Trinajstić information content (AvgIpc) is 2.38. The smallest absolute Gasteiger partial charge is 0.225 e. The molecule has 0 amide bonds. The van der Waals surface area contributed by atoms with E-state index in [2.05, 4.69) is 26.5 Å². The first-order chi connectivity index (χ1) is 8.98. The molecule has 1 aromatic rings. The van der Waals surface area contributed by atoms with Crippen LogP contribution in [0.25, 0.3) is 0 Å². The fraction of sp³-hybridized carbons (Fsp3) is 0.667. The SMILES string of the molecule is CCc1cnc(N2CCC(NS(C)(=O)=O)CC2)nc1. The van der Waals surface area contributed by atoms with Gasteiger partial charge in [-0.2, -0.15) is 0 Å². The largest absolute Gasteiger partial charge is 0.341 e. The van der Waals surface area contributed by atoms with Crippen LogP contribution >= 0.6 is 0 Å². The number of nitrogens with zero attached hydrogens (tertiary/aromatic N) is 3. The monoisotopic (exact) mass is 284 g/mol. The van der Waals surface area contributed by atoms with Gasteiger partial charge in [-0.25, -0.2) is 23.1 Å². The second kappa shape index (κ2) is 5.83. The minimum absolute atomic E-state index is 0.0289. The summed E-state index contributed by atoms with van der Waals surface area (Å²) in [6.45, 7) is 3.62. The van der Waals surface area contributed by atoms with Crippen molar-refractivity contribution in [1.29, 1.82) is 0 Å². The molecule has 1 aromatic heterocycles. The predicted molar refractivity (Wildman–Crippen MR) is 74.6 cm³/mol. The molecule has 1 fully saturated rings. The molecule has 6 nitrogen and oxygen atoms in total. The Morgan fingerprint density at radius 2 is 1.89 bits per heavy atom. The summed E-state index contributed by atoms with van der Waals surface area (Å²) in [6.07, 6.45) is 7.40. The molecule has 1 aliphatic rings. The minimum atomic E-state index is -3.11. The maximum Gasteiger partial charge on any atom is 0.225 e. The van der Waals surface area contributed by atoms with Crippen LogP contribution in [0.15, 0.2) is 12.4 Å². The Balaban J connectivity index is 1.92. The number of piperidine rings is 1. The van der Waals surface area contributed by atoms with E-state index in [0.717, 1.165) is 43.9 Å². The quantitative estimate of drug-likeness (QED) is 0.874. The molecule has 0 bridgehead atoms. The lowest BCUT2D eigenvalue weighted by molar-refractivity contribution is 0.458. The predicted octanol–water partition coefficient (Wildman–Crippen LogP) is 0.557. The van der Waals surface area contributed by atoms with Crippen LogP contribution in [-0.4, -0.2) is 43.8 Å². The maximum atomic E-state index is 11.2. The first-order valence-electron chi connectivity index (χ1n) is 6.51. The molecule has 1 saturated heterocycles. The zero-order valence-corrected chi connectivity index (χ0v) is 12.2. The molecule has 1 N–H and O–H groups in total. The van der Waals surface area contributed by atoms with E-state index in [4.69, 9.17) is 0 Å². The van der Waals surface area contributed by atoms with Crippen molar-refractivity contribution >= 4 is 16.0 Å². The summed E-state index contributed by atoms with van der Waals surface area (Å²) in [5.41, 5.74) is 1.12. The Labute approximate surface area is 114 Å². The van der Waals surface area contributed by atoms with Gasteiger partial charge < -0.3 is 4.90 Å². The molecule has 0 aliphatic carbocycles. The standard InChI is InChI=1S/C12H20N4O2S/c1-3-10-8-13-12(14-9-10)16-6-4-11(5-7-16)15-19(2,17)18/h8-9,11,15H,3-7H2,1-2H3. The Morgan fingerprint density at radius 1 is 1.32 bits per heavy atom. The molecule has 7 heteroatoms. The Kier molecular flexibility index (Phi) is 4.36. The fourth-order valence-corrected chi connectivity index (χ4v) is 3.04. The van der Waals surface area contributed by atoms with Crippen molar-refractivity contribution in [3.8, 4) is 0 Å².